The molecular formula is C13H19NO3. The third-order valence-electron chi connectivity index (χ3n) is 2.74. The molecule has 17 heavy (non-hydrogen) atoms. The summed E-state index contributed by atoms with van der Waals surface area (Å²) in [6.45, 7) is 3.84. The molecule has 0 amide bonds. The predicted molar refractivity (Wildman–Crippen MR) is 65.3 cm³/mol. The van der Waals surface area contributed by atoms with Crippen molar-refractivity contribution < 1.29 is 14.2 Å². The normalized spacial score (nSPS) is 20.2. The molecular weight excluding hydrogens is 218 g/mol. The Labute approximate surface area is 102 Å². The maximum Gasteiger partial charge on any atom is 0.118 e. The van der Waals surface area contributed by atoms with Crippen molar-refractivity contribution in [1.82, 2.24) is 5.32 Å². The van der Waals surface area contributed by atoms with Crippen LogP contribution < -0.4 is 10.1 Å². The summed E-state index contributed by atoms with van der Waals surface area (Å²) in [5.41, 5.74) is 1.15. The summed E-state index contributed by atoms with van der Waals surface area (Å²) < 4.78 is 16.3. The Morgan fingerprint density at radius 2 is 2.18 bits per heavy atom. The minimum absolute atomic E-state index is 0.182. The highest BCUT2D eigenvalue weighted by Crippen LogP contribution is 2.12. The minimum Gasteiger partial charge on any atom is -0.497 e. The van der Waals surface area contributed by atoms with Gasteiger partial charge >= 0.3 is 0 Å². The standard InChI is InChI=1S/C13H19NO3/c1-15-12-4-2-11(3-5-12)9-16-10-13-8-14-6-7-17-13/h2-5,13-14H,6-10H2,1H3. The molecule has 1 aliphatic rings. The van der Waals surface area contributed by atoms with Crippen LogP contribution in [0, 0.1) is 0 Å². The second-order valence-corrected chi connectivity index (χ2v) is 4.06. The first-order valence-corrected chi connectivity index (χ1v) is 5.91. The Hall–Kier alpha value is -1.10. The largest absolute Gasteiger partial charge is 0.497 e. The van der Waals surface area contributed by atoms with Gasteiger partial charge in [-0.2, -0.15) is 0 Å². The molecule has 0 aromatic heterocycles. The SMILES string of the molecule is COc1ccc(COCC2CNCCO2)cc1. The van der Waals surface area contributed by atoms with E-state index in [1.807, 2.05) is 24.3 Å². The van der Waals surface area contributed by atoms with Crippen molar-refractivity contribution in [3.8, 4) is 5.75 Å². The average Bonchev–Trinajstić information content (AvgIpc) is 2.41. The van der Waals surface area contributed by atoms with Crippen molar-refractivity contribution in [2.24, 2.45) is 0 Å². The van der Waals surface area contributed by atoms with Gasteiger partial charge in [0, 0.05) is 13.1 Å². The monoisotopic (exact) mass is 237 g/mol. The van der Waals surface area contributed by atoms with E-state index in [0.717, 1.165) is 31.0 Å². The fourth-order valence-electron chi connectivity index (χ4n) is 1.76. The van der Waals surface area contributed by atoms with E-state index in [1.165, 1.54) is 0 Å². The Morgan fingerprint density at radius 1 is 1.35 bits per heavy atom. The molecule has 2 rings (SSSR count). The average molecular weight is 237 g/mol. The molecule has 4 heteroatoms. The lowest BCUT2D eigenvalue weighted by Gasteiger charge is -2.23. The van der Waals surface area contributed by atoms with Crippen LogP contribution in [-0.2, 0) is 16.1 Å². The lowest BCUT2D eigenvalue weighted by molar-refractivity contribution is -0.0357. The van der Waals surface area contributed by atoms with Gasteiger partial charge < -0.3 is 19.5 Å². The molecule has 0 radical (unpaired) electrons. The summed E-state index contributed by atoms with van der Waals surface area (Å²) in [6.07, 6.45) is 0.182. The van der Waals surface area contributed by atoms with Gasteiger partial charge in [-0.15, -0.1) is 0 Å². The van der Waals surface area contributed by atoms with E-state index >= 15 is 0 Å². The van der Waals surface area contributed by atoms with Gasteiger partial charge in [-0.05, 0) is 17.7 Å². The number of hydrogen-bond acceptors (Lipinski definition) is 4. The third kappa shape index (κ3) is 4.00. The first-order valence-electron chi connectivity index (χ1n) is 5.91. The molecule has 0 aliphatic carbocycles. The second kappa shape index (κ2) is 6.59. The van der Waals surface area contributed by atoms with Gasteiger partial charge in [0.15, 0.2) is 0 Å². The number of rotatable bonds is 5. The van der Waals surface area contributed by atoms with Gasteiger partial charge in [-0.25, -0.2) is 0 Å². The van der Waals surface area contributed by atoms with E-state index in [9.17, 15) is 0 Å². The van der Waals surface area contributed by atoms with Gasteiger partial charge in [0.05, 0.1) is 33.0 Å². The number of hydrogen-bond donors (Lipinski definition) is 1. The van der Waals surface area contributed by atoms with Crippen molar-refractivity contribution in [2.75, 3.05) is 33.4 Å². The van der Waals surface area contributed by atoms with Crippen LogP contribution in [-0.4, -0.2) is 39.5 Å². The molecule has 1 N–H and O–H groups in total. The summed E-state index contributed by atoms with van der Waals surface area (Å²) in [6, 6.07) is 7.91. The van der Waals surface area contributed by atoms with E-state index in [2.05, 4.69) is 5.32 Å². The van der Waals surface area contributed by atoms with Crippen molar-refractivity contribution in [3.05, 3.63) is 29.8 Å². The Bertz CT molecular complexity index is 320. The van der Waals surface area contributed by atoms with Crippen LogP contribution in [0.15, 0.2) is 24.3 Å². The van der Waals surface area contributed by atoms with E-state index < -0.39 is 0 Å². The lowest BCUT2D eigenvalue weighted by Crippen LogP contribution is -2.40. The molecule has 1 aromatic rings. The number of ether oxygens (including phenoxy) is 3. The summed E-state index contributed by atoms with van der Waals surface area (Å²) >= 11 is 0. The van der Waals surface area contributed by atoms with Crippen molar-refractivity contribution in [2.45, 2.75) is 12.7 Å². The summed E-state index contributed by atoms with van der Waals surface area (Å²) in [5.74, 6) is 0.869. The molecule has 4 nitrogen and oxygen atoms in total. The molecule has 1 atom stereocenters. The lowest BCUT2D eigenvalue weighted by atomic mass is 10.2. The molecule has 1 fully saturated rings. The highest BCUT2D eigenvalue weighted by atomic mass is 16.5. The van der Waals surface area contributed by atoms with Gasteiger partial charge in [-0.1, -0.05) is 12.1 Å². The Balaban J connectivity index is 1.69. The van der Waals surface area contributed by atoms with E-state index in [-0.39, 0.29) is 6.10 Å². The molecule has 94 valence electrons. The van der Waals surface area contributed by atoms with Crippen LogP contribution in [0.2, 0.25) is 0 Å². The minimum atomic E-state index is 0.182. The predicted octanol–water partition coefficient (Wildman–Crippen LogP) is 1.20. The van der Waals surface area contributed by atoms with Gasteiger partial charge in [0.1, 0.15) is 5.75 Å². The zero-order valence-electron chi connectivity index (χ0n) is 10.1. The molecule has 1 aromatic carbocycles. The highest BCUT2D eigenvalue weighted by Gasteiger charge is 2.12. The molecule has 0 bridgehead atoms. The van der Waals surface area contributed by atoms with Crippen LogP contribution in [0.4, 0.5) is 0 Å². The number of morpholine rings is 1. The van der Waals surface area contributed by atoms with Crippen LogP contribution in [0.25, 0.3) is 0 Å². The van der Waals surface area contributed by atoms with Crippen molar-refractivity contribution >= 4 is 0 Å². The zero-order valence-corrected chi connectivity index (χ0v) is 10.1. The maximum atomic E-state index is 5.63. The fraction of sp³-hybridized carbons (Fsp3) is 0.538. The van der Waals surface area contributed by atoms with Gasteiger partial charge in [0.2, 0.25) is 0 Å². The molecule has 1 heterocycles. The van der Waals surface area contributed by atoms with E-state index in [4.69, 9.17) is 14.2 Å². The summed E-state index contributed by atoms with van der Waals surface area (Å²) in [4.78, 5) is 0. The van der Waals surface area contributed by atoms with Crippen LogP contribution in [0.5, 0.6) is 5.75 Å². The number of benzene rings is 1. The van der Waals surface area contributed by atoms with Crippen LogP contribution in [0.3, 0.4) is 0 Å². The first kappa shape index (κ1) is 12.4. The number of methoxy groups -OCH3 is 1. The highest BCUT2D eigenvalue weighted by molar-refractivity contribution is 5.26. The Kier molecular flexibility index (Phi) is 4.79. The molecule has 1 unspecified atom stereocenters. The second-order valence-electron chi connectivity index (χ2n) is 4.06. The molecule has 1 saturated heterocycles. The smallest absolute Gasteiger partial charge is 0.118 e. The van der Waals surface area contributed by atoms with Gasteiger partial charge in [-0.3, -0.25) is 0 Å². The van der Waals surface area contributed by atoms with Gasteiger partial charge in [0.25, 0.3) is 0 Å². The van der Waals surface area contributed by atoms with E-state index in [0.29, 0.717) is 13.2 Å². The molecule has 0 saturated carbocycles. The van der Waals surface area contributed by atoms with Crippen LogP contribution >= 0.6 is 0 Å². The third-order valence-corrected chi connectivity index (χ3v) is 2.74. The van der Waals surface area contributed by atoms with E-state index in [1.54, 1.807) is 7.11 Å². The molecule has 1 aliphatic heterocycles. The van der Waals surface area contributed by atoms with Crippen LogP contribution in [0.1, 0.15) is 5.56 Å². The Morgan fingerprint density at radius 3 is 2.82 bits per heavy atom. The molecule has 0 spiro atoms. The quantitative estimate of drug-likeness (QED) is 0.835. The topological polar surface area (TPSA) is 39.7 Å². The first-order chi connectivity index (χ1) is 8.38. The van der Waals surface area contributed by atoms with Crippen molar-refractivity contribution in [1.29, 1.82) is 0 Å². The summed E-state index contributed by atoms with van der Waals surface area (Å²) in [7, 11) is 1.67. The zero-order chi connectivity index (χ0) is 11.9. The van der Waals surface area contributed by atoms with Crippen molar-refractivity contribution in [3.63, 3.8) is 0 Å². The fourth-order valence-corrected chi connectivity index (χ4v) is 1.76. The number of nitrogens with one attached hydrogen (secondary N) is 1. The summed E-state index contributed by atoms with van der Waals surface area (Å²) in [5, 5.41) is 3.28. The maximum absolute atomic E-state index is 5.63.